The topological polar surface area (TPSA) is 93.5 Å². The Bertz CT molecular complexity index is 946. The number of sulfonamides is 1. The maximum absolute atomic E-state index is 13.0. The molecule has 0 saturated carbocycles. The Morgan fingerprint density at radius 3 is 2.52 bits per heavy atom. The molecule has 146 valence electrons. The van der Waals surface area contributed by atoms with Crippen molar-refractivity contribution < 1.29 is 17.9 Å². The number of para-hydroxylation sites is 1. The lowest BCUT2D eigenvalue weighted by Gasteiger charge is -2.26. The van der Waals surface area contributed by atoms with Crippen LogP contribution in [0.3, 0.4) is 0 Å². The largest absolute Gasteiger partial charge is 0.379 e. The van der Waals surface area contributed by atoms with E-state index in [0.29, 0.717) is 37.7 Å². The van der Waals surface area contributed by atoms with E-state index in [1.54, 1.807) is 13.8 Å². The van der Waals surface area contributed by atoms with E-state index >= 15 is 0 Å². The molecule has 0 radical (unpaired) electrons. The van der Waals surface area contributed by atoms with E-state index in [0.717, 1.165) is 11.3 Å². The van der Waals surface area contributed by atoms with Crippen LogP contribution in [-0.4, -0.2) is 54.7 Å². The Kier molecular flexibility index (Phi) is 5.64. The van der Waals surface area contributed by atoms with Crippen molar-refractivity contribution in [3.63, 3.8) is 0 Å². The lowest BCUT2D eigenvalue weighted by Crippen LogP contribution is -2.41. The Morgan fingerprint density at radius 1 is 1.19 bits per heavy atom. The molecule has 27 heavy (non-hydrogen) atoms. The summed E-state index contributed by atoms with van der Waals surface area (Å²) < 4.78 is 34.0. The van der Waals surface area contributed by atoms with Crippen LogP contribution in [0.1, 0.15) is 17.0 Å². The van der Waals surface area contributed by atoms with Crippen molar-refractivity contribution in [3.8, 4) is 0 Å². The molecule has 1 aromatic heterocycles. The Labute approximate surface area is 159 Å². The highest BCUT2D eigenvalue weighted by Gasteiger charge is 2.32. The molecular formula is C18H24N4O4S. The number of carbonyl (C=O) groups is 1. The summed E-state index contributed by atoms with van der Waals surface area (Å²) in [6.45, 7) is 6.57. The normalized spacial score (nSPS) is 15.7. The van der Waals surface area contributed by atoms with Gasteiger partial charge in [0.15, 0.2) is 0 Å². The van der Waals surface area contributed by atoms with Crippen molar-refractivity contribution in [1.29, 1.82) is 0 Å². The Balaban J connectivity index is 1.81. The van der Waals surface area contributed by atoms with Crippen molar-refractivity contribution in [1.82, 2.24) is 14.1 Å². The first-order chi connectivity index (χ1) is 12.8. The van der Waals surface area contributed by atoms with Gasteiger partial charge in [-0.15, -0.1) is 0 Å². The molecule has 1 fully saturated rings. The van der Waals surface area contributed by atoms with Gasteiger partial charge < -0.3 is 10.1 Å². The fourth-order valence-electron chi connectivity index (χ4n) is 3.16. The van der Waals surface area contributed by atoms with Gasteiger partial charge in [0, 0.05) is 18.8 Å². The van der Waals surface area contributed by atoms with Crippen LogP contribution in [0.15, 0.2) is 29.2 Å². The molecule has 3 rings (SSSR count). The summed E-state index contributed by atoms with van der Waals surface area (Å²) in [6.07, 6.45) is 0. The number of ether oxygens (including phenoxy) is 1. The van der Waals surface area contributed by atoms with Gasteiger partial charge in [-0.1, -0.05) is 18.2 Å². The minimum absolute atomic E-state index is 0.0559. The second-order valence-electron chi connectivity index (χ2n) is 6.54. The predicted molar refractivity (Wildman–Crippen MR) is 101 cm³/mol. The zero-order valence-electron chi connectivity index (χ0n) is 15.7. The van der Waals surface area contributed by atoms with E-state index in [1.807, 2.05) is 31.2 Å². The Morgan fingerprint density at radius 2 is 1.85 bits per heavy atom. The van der Waals surface area contributed by atoms with Gasteiger partial charge in [0.05, 0.1) is 24.6 Å². The van der Waals surface area contributed by atoms with Crippen molar-refractivity contribution in [2.45, 2.75) is 32.2 Å². The summed E-state index contributed by atoms with van der Waals surface area (Å²) >= 11 is 0. The number of aryl methyl sites for hydroxylation is 2. The van der Waals surface area contributed by atoms with Crippen LogP contribution in [0.4, 0.5) is 5.69 Å². The molecule has 0 atom stereocenters. The first kappa shape index (κ1) is 19.5. The van der Waals surface area contributed by atoms with Crippen molar-refractivity contribution >= 4 is 21.6 Å². The average Bonchev–Trinajstić information content (AvgIpc) is 2.91. The first-order valence-corrected chi connectivity index (χ1v) is 10.2. The van der Waals surface area contributed by atoms with Crippen LogP contribution in [0.5, 0.6) is 0 Å². The molecule has 8 nitrogen and oxygen atoms in total. The van der Waals surface area contributed by atoms with Crippen LogP contribution in [0, 0.1) is 20.8 Å². The fourth-order valence-corrected chi connectivity index (χ4v) is 4.94. The van der Waals surface area contributed by atoms with Crippen molar-refractivity contribution in [3.05, 3.63) is 41.2 Å². The van der Waals surface area contributed by atoms with Crippen LogP contribution in [-0.2, 0) is 26.1 Å². The van der Waals surface area contributed by atoms with Gasteiger partial charge in [-0.2, -0.15) is 9.40 Å². The van der Waals surface area contributed by atoms with Gasteiger partial charge in [0.2, 0.25) is 15.9 Å². The second kappa shape index (κ2) is 7.79. The first-order valence-electron chi connectivity index (χ1n) is 8.78. The number of rotatable bonds is 5. The standard InChI is InChI=1S/C18H24N4O4S/c1-13-6-4-5-7-16(13)19-17(23)12-22-15(3)18(14(2)20-22)27(24,25)21-8-10-26-11-9-21/h4-7H,8-12H2,1-3H3,(H,19,23). The number of carbonyl (C=O) groups excluding carboxylic acids is 1. The predicted octanol–water partition coefficient (Wildman–Crippen LogP) is 1.47. The monoisotopic (exact) mass is 392 g/mol. The molecule has 2 aromatic rings. The molecule has 9 heteroatoms. The number of anilines is 1. The van der Waals surface area contributed by atoms with Gasteiger partial charge in [0.1, 0.15) is 11.4 Å². The maximum Gasteiger partial charge on any atom is 0.246 e. The van der Waals surface area contributed by atoms with Gasteiger partial charge in [-0.25, -0.2) is 8.42 Å². The molecule has 0 spiro atoms. The number of amides is 1. The number of hydrogen-bond donors (Lipinski definition) is 1. The number of nitrogens with one attached hydrogen (secondary N) is 1. The zero-order valence-corrected chi connectivity index (χ0v) is 16.5. The summed E-state index contributed by atoms with van der Waals surface area (Å²) in [7, 11) is -3.67. The molecule has 1 aromatic carbocycles. The van der Waals surface area contributed by atoms with Gasteiger partial charge in [-0.3, -0.25) is 9.48 Å². The van der Waals surface area contributed by atoms with E-state index < -0.39 is 10.0 Å². The lowest BCUT2D eigenvalue weighted by molar-refractivity contribution is -0.116. The minimum atomic E-state index is -3.67. The molecule has 1 N–H and O–H groups in total. The summed E-state index contributed by atoms with van der Waals surface area (Å²) in [5.74, 6) is -0.259. The maximum atomic E-state index is 13.0. The Hall–Kier alpha value is -2.23. The number of aromatic nitrogens is 2. The van der Waals surface area contributed by atoms with E-state index in [1.165, 1.54) is 8.99 Å². The summed E-state index contributed by atoms with van der Waals surface area (Å²) in [5.41, 5.74) is 2.53. The molecule has 0 bridgehead atoms. The third kappa shape index (κ3) is 4.05. The van der Waals surface area contributed by atoms with Gasteiger partial charge >= 0.3 is 0 Å². The highest BCUT2D eigenvalue weighted by molar-refractivity contribution is 7.89. The number of nitrogens with zero attached hydrogens (tertiary/aromatic N) is 3. The highest BCUT2D eigenvalue weighted by atomic mass is 32.2. The molecule has 0 unspecified atom stereocenters. The lowest BCUT2D eigenvalue weighted by atomic mass is 10.2. The zero-order chi connectivity index (χ0) is 19.6. The van der Waals surface area contributed by atoms with E-state index in [4.69, 9.17) is 4.74 Å². The molecule has 1 saturated heterocycles. The SMILES string of the molecule is Cc1ccccc1NC(=O)Cn1nc(C)c(S(=O)(=O)N2CCOCC2)c1C. The molecule has 2 heterocycles. The quantitative estimate of drug-likeness (QED) is 0.832. The van der Waals surface area contributed by atoms with Gasteiger partial charge in [-0.05, 0) is 32.4 Å². The third-order valence-corrected chi connectivity index (χ3v) is 6.75. The number of hydrogen-bond acceptors (Lipinski definition) is 5. The molecule has 1 amide bonds. The summed E-state index contributed by atoms with van der Waals surface area (Å²) in [5, 5.41) is 7.13. The highest BCUT2D eigenvalue weighted by Crippen LogP contribution is 2.24. The van der Waals surface area contributed by atoms with Crippen LogP contribution in [0.25, 0.3) is 0 Å². The summed E-state index contributed by atoms with van der Waals surface area (Å²) in [6, 6.07) is 7.47. The number of benzene rings is 1. The average molecular weight is 392 g/mol. The van der Waals surface area contributed by atoms with Crippen LogP contribution >= 0.6 is 0 Å². The second-order valence-corrected chi connectivity index (χ2v) is 8.41. The summed E-state index contributed by atoms with van der Waals surface area (Å²) in [4.78, 5) is 12.6. The molecule has 1 aliphatic rings. The van der Waals surface area contributed by atoms with E-state index in [2.05, 4.69) is 10.4 Å². The van der Waals surface area contributed by atoms with Crippen molar-refractivity contribution in [2.24, 2.45) is 0 Å². The fraction of sp³-hybridized carbons (Fsp3) is 0.444. The van der Waals surface area contributed by atoms with Gasteiger partial charge in [0.25, 0.3) is 0 Å². The number of morpholine rings is 1. The van der Waals surface area contributed by atoms with E-state index in [-0.39, 0.29) is 17.3 Å². The minimum Gasteiger partial charge on any atom is -0.379 e. The third-order valence-electron chi connectivity index (χ3n) is 4.60. The van der Waals surface area contributed by atoms with E-state index in [9.17, 15) is 13.2 Å². The molecule has 0 aliphatic carbocycles. The molecular weight excluding hydrogens is 368 g/mol. The smallest absolute Gasteiger partial charge is 0.246 e. The van der Waals surface area contributed by atoms with Crippen LogP contribution < -0.4 is 5.32 Å². The van der Waals surface area contributed by atoms with Crippen LogP contribution in [0.2, 0.25) is 0 Å². The van der Waals surface area contributed by atoms with Crippen molar-refractivity contribution in [2.75, 3.05) is 31.6 Å². The molecule has 1 aliphatic heterocycles.